The predicted molar refractivity (Wildman–Crippen MR) is 89.9 cm³/mol. The first-order valence-corrected chi connectivity index (χ1v) is 7.56. The molecule has 1 heterocycles. The number of nitrogens with zero attached hydrogens (tertiary/aromatic N) is 2. The highest BCUT2D eigenvalue weighted by atomic mass is 16.5. The van der Waals surface area contributed by atoms with Crippen LogP contribution >= 0.6 is 0 Å². The Morgan fingerprint density at radius 1 is 1.09 bits per heavy atom. The molecule has 0 aliphatic carbocycles. The number of ether oxygens (including phenoxy) is 1. The van der Waals surface area contributed by atoms with E-state index in [1.165, 1.54) is 11.4 Å². The van der Waals surface area contributed by atoms with Gasteiger partial charge in [0.1, 0.15) is 5.75 Å². The SMILES string of the molecule is COc1cccc(C(O)CN2CCN(C)c3ccccc32)c1. The van der Waals surface area contributed by atoms with E-state index in [1.54, 1.807) is 7.11 Å². The maximum Gasteiger partial charge on any atom is 0.119 e. The summed E-state index contributed by atoms with van der Waals surface area (Å²) in [6.45, 7) is 2.45. The van der Waals surface area contributed by atoms with Crippen LogP contribution in [0.3, 0.4) is 0 Å². The lowest BCUT2D eigenvalue weighted by Gasteiger charge is -2.38. The molecule has 0 aromatic heterocycles. The zero-order valence-electron chi connectivity index (χ0n) is 13.1. The van der Waals surface area contributed by atoms with Crippen molar-refractivity contribution in [1.82, 2.24) is 0 Å². The van der Waals surface area contributed by atoms with Gasteiger partial charge in [-0.15, -0.1) is 0 Å². The third-order valence-corrected chi connectivity index (χ3v) is 4.21. The molecule has 2 aromatic rings. The van der Waals surface area contributed by atoms with E-state index in [0.717, 1.165) is 24.4 Å². The van der Waals surface area contributed by atoms with Crippen molar-refractivity contribution in [2.24, 2.45) is 0 Å². The summed E-state index contributed by atoms with van der Waals surface area (Å²) in [7, 11) is 3.75. The van der Waals surface area contributed by atoms with Crippen LogP contribution in [0.1, 0.15) is 11.7 Å². The van der Waals surface area contributed by atoms with Gasteiger partial charge in [-0.3, -0.25) is 0 Å². The van der Waals surface area contributed by atoms with Crippen LogP contribution in [0.15, 0.2) is 48.5 Å². The molecule has 1 N–H and O–H groups in total. The third-order valence-electron chi connectivity index (χ3n) is 4.21. The quantitative estimate of drug-likeness (QED) is 0.941. The third kappa shape index (κ3) is 2.88. The molecule has 0 bridgehead atoms. The van der Waals surface area contributed by atoms with E-state index in [0.29, 0.717) is 6.54 Å². The molecule has 4 heteroatoms. The number of fused-ring (bicyclic) bond motifs is 1. The minimum Gasteiger partial charge on any atom is -0.497 e. The highest BCUT2D eigenvalue weighted by Gasteiger charge is 2.22. The highest BCUT2D eigenvalue weighted by molar-refractivity contribution is 5.73. The second-order valence-corrected chi connectivity index (χ2v) is 5.65. The molecule has 1 aliphatic heterocycles. The molecule has 0 amide bonds. The number of benzene rings is 2. The molecule has 0 saturated heterocycles. The molecule has 2 aromatic carbocycles. The minimum atomic E-state index is -0.536. The van der Waals surface area contributed by atoms with Crippen LogP contribution in [0.4, 0.5) is 11.4 Å². The summed E-state index contributed by atoms with van der Waals surface area (Å²) in [5.74, 6) is 0.773. The summed E-state index contributed by atoms with van der Waals surface area (Å²) in [6, 6.07) is 16.0. The number of anilines is 2. The average Bonchev–Trinajstić information content (AvgIpc) is 2.57. The van der Waals surface area contributed by atoms with Gasteiger partial charge in [0.05, 0.1) is 24.6 Å². The fourth-order valence-corrected chi connectivity index (χ4v) is 2.92. The molecule has 116 valence electrons. The Balaban J connectivity index is 1.80. The van der Waals surface area contributed by atoms with Gasteiger partial charge in [-0.25, -0.2) is 0 Å². The second kappa shape index (κ2) is 6.28. The van der Waals surface area contributed by atoms with Crippen molar-refractivity contribution < 1.29 is 9.84 Å². The molecule has 0 radical (unpaired) electrons. The number of aliphatic hydroxyl groups excluding tert-OH is 1. The van der Waals surface area contributed by atoms with Crippen molar-refractivity contribution in [2.75, 3.05) is 43.6 Å². The van der Waals surface area contributed by atoms with Gasteiger partial charge in [-0.1, -0.05) is 24.3 Å². The van der Waals surface area contributed by atoms with Crippen molar-refractivity contribution >= 4 is 11.4 Å². The Labute approximate surface area is 131 Å². The van der Waals surface area contributed by atoms with Gasteiger partial charge < -0.3 is 19.6 Å². The molecule has 0 saturated carbocycles. The number of para-hydroxylation sites is 2. The topological polar surface area (TPSA) is 35.9 Å². The number of hydrogen-bond donors (Lipinski definition) is 1. The number of likely N-dealkylation sites (N-methyl/N-ethyl adjacent to an activating group) is 1. The van der Waals surface area contributed by atoms with Gasteiger partial charge in [0, 0.05) is 26.7 Å². The lowest BCUT2D eigenvalue weighted by molar-refractivity contribution is 0.183. The first kappa shape index (κ1) is 14.7. The summed E-state index contributed by atoms with van der Waals surface area (Å²) in [4.78, 5) is 4.50. The first-order chi connectivity index (χ1) is 10.7. The molecule has 4 nitrogen and oxygen atoms in total. The van der Waals surface area contributed by atoms with E-state index in [-0.39, 0.29) is 0 Å². The van der Waals surface area contributed by atoms with Crippen LogP contribution in [0, 0.1) is 0 Å². The summed E-state index contributed by atoms with van der Waals surface area (Å²) in [6.07, 6.45) is -0.536. The number of β-amino-alcohol motifs (C(OH)–C–C–N with tert-alkyl or cyclic N) is 1. The van der Waals surface area contributed by atoms with Gasteiger partial charge >= 0.3 is 0 Å². The number of methoxy groups -OCH3 is 1. The van der Waals surface area contributed by atoms with Gasteiger partial charge in [-0.2, -0.15) is 0 Å². The smallest absolute Gasteiger partial charge is 0.119 e. The Morgan fingerprint density at radius 2 is 1.86 bits per heavy atom. The van der Waals surface area contributed by atoms with Gasteiger partial charge in [0.25, 0.3) is 0 Å². The van der Waals surface area contributed by atoms with Crippen LogP contribution in [0.2, 0.25) is 0 Å². The van der Waals surface area contributed by atoms with Crippen LogP contribution in [-0.2, 0) is 0 Å². The molecule has 1 unspecified atom stereocenters. The fraction of sp³-hybridized carbons (Fsp3) is 0.333. The summed E-state index contributed by atoms with van der Waals surface area (Å²) in [5.41, 5.74) is 3.28. The Bertz CT molecular complexity index is 644. The lowest BCUT2D eigenvalue weighted by atomic mass is 10.1. The van der Waals surface area contributed by atoms with Crippen LogP contribution in [-0.4, -0.2) is 38.9 Å². The Hall–Kier alpha value is -2.20. The molecule has 22 heavy (non-hydrogen) atoms. The number of rotatable bonds is 4. The normalized spacial score (nSPS) is 15.4. The molecule has 1 atom stereocenters. The van der Waals surface area contributed by atoms with E-state index in [9.17, 15) is 5.11 Å². The van der Waals surface area contributed by atoms with Gasteiger partial charge in [0.15, 0.2) is 0 Å². The predicted octanol–water partition coefficient (Wildman–Crippen LogP) is 2.69. The van der Waals surface area contributed by atoms with E-state index < -0.39 is 6.10 Å². The molecule has 0 fully saturated rings. The van der Waals surface area contributed by atoms with Crippen molar-refractivity contribution in [3.8, 4) is 5.75 Å². The van der Waals surface area contributed by atoms with E-state index in [1.807, 2.05) is 30.3 Å². The Morgan fingerprint density at radius 3 is 2.64 bits per heavy atom. The summed E-state index contributed by atoms with van der Waals surface area (Å²) in [5, 5.41) is 10.6. The lowest BCUT2D eigenvalue weighted by Crippen LogP contribution is -2.41. The van der Waals surface area contributed by atoms with Crippen molar-refractivity contribution in [2.45, 2.75) is 6.10 Å². The number of hydrogen-bond acceptors (Lipinski definition) is 4. The number of aliphatic hydroxyl groups is 1. The molecular formula is C18H22N2O2. The second-order valence-electron chi connectivity index (χ2n) is 5.65. The van der Waals surface area contributed by atoms with Crippen LogP contribution in [0.25, 0.3) is 0 Å². The molecule has 3 rings (SSSR count). The van der Waals surface area contributed by atoms with E-state index in [4.69, 9.17) is 4.74 Å². The monoisotopic (exact) mass is 298 g/mol. The highest BCUT2D eigenvalue weighted by Crippen LogP contribution is 2.33. The molecule has 1 aliphatic rings. The molecular weight excluding hydrogens is 276 g/mol. The maximum atomic E-state index is 10.6. The van der Waals surface area contributed by atoms with Crippen molar-refractivity contribution in [1.29, 1.82) is 0 Å². The minimum absolute atomic E-state index is 0.536. The zero-order chi connectivity index (χ0) is 15.5. The maximum absolute atomic E-state index is 10.6. The van der Waals surface area contributed by atoms with Crippen molar-refractivity contribution in [3.63, 3.8) is 0 Å². The fourth-order valence-electron chi connectivity index (χ4n) is 2.92. The largest absolute Gasteiger partial charge is 0.497 e. The van der Waals surface area contributed by atoms with Gasteiger partial charge in [-0.05, 0) is 29.8 Å². The van der Waals surface area contributed by atoms with Crippen molar-refractivity contribution in [3.05, 3.63) is 54.1 Å². The van der Waals surface area contributed by atoms with Gasteiger partial charge in [0.2, 0.25) is 0 Å². The van der Waals surface area contributed by atoms with E-state index in [2.05, 4.69) is 35.0 Å². The first-order valence-electron chi connectivity index (χ1n) is 7.56. The summed E-state index contributed by atoms with van der Waals surface area (Å²) >= 11 is 0. The Kier molecular flexibility index (Phi) is 4.20. The van der Waals surface area contributed by atoms with E-state index >= 15 is 0 Å². The summed E-state index contributed by atoms with van der Waals surface area (Å²) < 4.78 is 5.23. The molecule has 0 spiro atoms. The van der Waals surface area contributed by atoms with Crippen LogP contribution < -0.4 is 14.5 Å². The zero-order valence-corrected chi connectivity index (χ0v) is 13.1. The van der Waals surface area contributed by atoms with Crippen LogP contribution in [0.5, 0.6) is 5.75 Å². The standard InChI is InChI=1S/C18H22N2O2/c1-19-10-11-20(17-9-4-3-8-16(17)19)13-18(21)14-6-5-7-15(12-14)22-2/h3-9,12,18,21H,10-11,13H2,1-2H3. The average molecular weight is 298 g/mol.